The fourth-order valence-corrected chi connectivity index (χ4v) is 3.76. The Labute approximate surface area is 126 Å². The van der Waals surface area contributed by atoms with Crippen molar-refractivity contribution in [3.63, 3.8) is 0 Å². The van der Waals surface area contributed by atoms with Gasteiger partial charge in [-0.15, -0.1) is 0 Å². The van der Waals surface area contributed by atoms with Gasteiger partial charge in [-0.1, -0.05) is 13.8 Å². The van der Waals surface area contributed by atoms with E-state index >= 15 is 0 Å². The Bertz CT molecular complexity index is 504. The first kappa shape index (κ1) is 14.3. The summed E-state index contributed by atoms with van der Waals surface area (Å²) in [6.45, 7) is 6.75. The van der Waals surface area contributed by atoms with Gasteiger partial charge in [-0.3, -0.25) is 4.79 Å². The average Bonchev–Trinajstić information content (AvgIpc) is 2.90. The van der Waals surface area contributed by atoms with Crippen molar-refractivity contribution in [2.24, 2.45) is 5.92 Å². The van der Waals surface area contributed by atoms with Crippen LogP contribution < -0.4 is 4.90 Å². The van der Waals surface area contributed by atoms with Crippen LogP contribution in [0.2, 0.25) is 0 Å². The van der Waals surface area contributed by atoms with Gasteiger partial charge in [0.15, 0.2) is 0 Å². The highest BCUT2D eigenvalue weighted by atomic mass is 16.2. The first-order valence-electron chi connectivity index (χ1n) is 7.96. The van der Waals surface area contributed by atoms with Gasteiger partial charge in [0, 0.05) is 37.9 Å². The van der Waals surface area contributed by atoms with Crippen molar-refractivity contribution < 1.29 is 4.79 Å². The van der Waals surface area contributed by atoms with Gasteiger partial charge in [0.2, 0.25) is 11.9 Å². The third kappa shape index (κ3) is 2.61. The number of carbonyl (C=O) groups excluding carboxylic acids is 1. The molecule has 0 unspecified atom stereocenters. The Kier molecular flexibility index (Phi) is 3.83. The summed E-state index contributed by atoms with van der Waals surface area (Å²) in [6.07, 6.45) is 8.00. The number of likely N-dealkylation sites (tertiary alicyclic amines) is 1. The quantitative estimate of drug-likeness (QED) is 0.836. The van der Waals surface area contributed by atoms with Gasteiger partial charge >= 0.3 is 0 Å². The molecule has 0 radical (unpaired) electrons. The molecule has 3 heterocycles. The lowest BCUT2D eigenvalue weighted by Gasteiger charge is -2.46. The molecule has 21 heavy (non-hydrogen) atoms. The van der Waals surface area contributed by atoms with E-state index < -0.39 is 0 Å². The Morgan fingerprint density at radius 1 is 1.19 bits per heavy atom. The van der Waals surface area contributed by atoms with Crippen LogP contribution >= 0.6 is 0 Å². The van der Waals surface area contributed by atoms with E-state index in [1.165, 1.54) is 0 Å². The second-order valence-electron chi connectivity index (χ2n) is 6.55. The zero-order valence-electron chi connectivity index (χ0n) is 13.0. The number of amides is 1. The summed E-state index contributed by atoms with van der Waals surface area (Å²) in [5.74, 6) is 1.16. The Balaban J connectivity index is 1.82. The molecule has 1 spiro atoms. The fraction of sp³-hybridized carbons (Fsp3) is 0.688. The summed E-state index contributed by atoms with van der Waals surface area (Å²) in [4.78, 5) is 25.7. The summed E-state index contributed by atoms with van der Waals surface area (Å²) < 4.78 is 0. The number of rotatable bonds is 2. The van der Waals surface area contributed by atoms with Crippen LogP contribution in [0.5, 0.6) is 0 Å². The minimum absolute atomic E-state index is 0.00119. The van der Waals surface area contributed by atoms with Crippen molar-refractivity contribution in [3.8, 4) is 0 Å². The summed E-state index contributed by atoms with van der Waals surface area (Å²) in [6, 6.07) is 1.84. The monoisotopic (exact) mass is 288 g/mol. The third-order valence-corrected chi connectivity index (χ3v) is 4.75. The van der Waals surface area contributed by atoms with Crippen molar-refractivity contribution in [1.29, 1.82) is 0 Å². The zero-order chi connectivity index (χ0) is 14.9. The van der Waals surface area contributed by atoms with Crippen molar-refractivity contribution in [3.05, 3.63) is 18.5 Å². The van der Waals surface area contributed by atoms with Gasteiger partial charge in [-0.05, 0) is 31.7 Å². The van der Waals surface area contributed by atoms with Crippen molar-refractivity contribution in [2.45, 2.75) is 45.1 Å². The van der Waals surface area contributed by atoms with E-state index in [0.717, 1.165) is 51.3 Å². The van der Waals surface area contributed by atoms with Crippen LogP contribution in [0.15, 0.2) is 18.5 Å². The number of piperidine rings is 1. The van der Waals surface area contributed by atoms with Crippen LogP contribution in [0.4, 0.5) is 5.95 Å². The molecule has 2 aliphatic heterocycles. The molecular weight excluding hydrogens is 264 g/mol. The van der Waals surface area contributed by atoms with E-state index in [1.807, 2.05) is 19.9 Å². The lowest BCUT2D eigenvalue weighted by molar-refractivity contribution is -0.139. The predicted octanol–water partition coefficient (Wildman–Crippen LogP) is 2.09. The van der Waals surface area contributed by atoms with Crippen LogP contribution in [0.25, 0.3) is 0 Å². The summed E-state index contributed by atoms with van der Waals surface area (Å²) in [5.41, 5.74) is -0.00119. The molecule has 1 atom stereocenters. The van der Waals surface area contributed by atoms with E-state index in [9.17, 15) is 4.79 Å². The summed E-state index contributed by atoms with van der Waals surface area (Å²) >= 11 is 0. The number of nitrogens with zero attached hydrogens (tertiary/aromatic N) is 4. The van der Waals surface area contributed by atoms with E-state index in [2.05, 4.69) is 19.8 Å². The minimum Gasteiger partial charge on any atom is -0.338 e. The number of carbonyl (C=O) groups is 1. The summed E-state index contributed by atoms with van der Waals surface area (Å²) in [7, 11) is 0. The van der Waals surface area contributed by atoms with Crippen molar-refractivity contribution in [1.82, 2.24) is 14.9 Å². The maximum atomic E-state index is 12.5. The van der Waals surface area contributed by atoms with E-state index in [4.69, 9.17) is 0 Å². The number of hydrogen-bond acceptors (Lipinski definition) is 4. The smallest absolute Gasteiger partial charge is 0.225 e. The first-order chi connectivity index (χ1) is 10.1. The Hall–Kier alpha value is -1.65. The maximum Gasteiger partial charge on any atom is 0.225 e. The van der Waals surface area contributed by atoms with Crippen LogP contribution in [0.1, 0.15) is 39.5 Å². The summed E-state index contributed by atoms with van der Waals surface area (Å²) in [5, 5.41) is 0. The highest BCUT2D eigenvalue weighted by Gasteiger charge is 2.46. The highest BCUT2D eigenvalue weighted by Crippen LogP contribution is 2.38. The number of hydrogen-bond donors (Lipinski definition) is 0. The molecule has 0 saturated carbocycles. The van der Waals surface area contributed by atoms with Crippen LogP contribution in [-0.4, -0.2) is 45.9 Å². The normalized spacial score (nSPS) is 25.9. The van der Waals surface area contributed by atoms with E-state index in [0.29, 0.717) is 5.91 Å². The molecule has 1 amide bonds. The SMILES string of the molecule is CC(C)C(=O)N1CCC[C@]12CCCN(c1ncccn1)C2. The van der Waals surface area contributed by atoms with E-state index in [-0.39, 0.29) is 11.5 Å². The molecule has 2 aliphatic rings. The number of anilines is 1. The molecule has 2 fully saturated rings. The van der Waals surface area contributed by atoms with Gasteiger partial charge in [0.05, 0.1) is 5.54 Å². The molecular formula is C16H24N4O. The molecule has 1 aromatic rings. The van der Waals surface area contributed by atoms with Crippen LogP contribution in [0, 0.1) is 5.92 Å². The Morgan fingerprint density at radius 3 is 2.52 bits per heavy atom. The van der Waals surface area contributed by atoms with Crippen LogP contribution in [-0.2, 0) is 4.79 Å². The molecule has 0 N–H and O–H groups in total. The van der Waals surface area contributed by atoms with Crippen LogP contribution in [0.3, 0.4) is 0 Å². The molecule has 114 valence electrons. The molecule has 0 aromatic carbocycles. The lowest BCUT2D eigenvalue weighted by atomic mass is 9.86. The highest BCUT2D eigenvalue weighted by molar-refractivity contribution is 5.79. The molecule has 0 aliphatic carbocycles. The standard InChI is InChI=1S/C16H24N4O/c1-13(2)14(21)20-11-4-7-16(20)6-3-10-19(12-16)15-17-8-5-9-18-15/h5,8-9,13H,3-4,6-7,10-12H2,1-2H3/t16-/m0/s1. The fourth-order valence-electron chi connectivity index (χ4n) is 3.76. The second-order valence-corrected chi connectivity index (χ2v) is 6.55. The van der Waals surface area contributed by atoms with Gasteiger partial charge in [0.1, 0.15) is 0 Å². The zero-order valence-corrected chi connectivity index (χ0v) is 13.0. The third-order valence-electron chi connectivity index (χ3n) is 4.75. The average molecular weight is 288 g/mol. The lowest BCUT2D eigenvalue weighted by Crippen LogP contribution is -2.58. The Morgan fingerprint density at radius 2 is 1.86 bits per heavy atom. The van der Waals surface area contributed by atoms with Gasteiger partial charge in [0.25, 0.3) is 0 Å². The molecule has 0 bridgehead atoms. The largest absolute Gasteiger partial charge is 0.338 e. The first-order valence-corrected chi connectivity index (χ1v) is 7.96. The minimum atomic E-state index is -0.00119. The molecule has 2 saturated heterocycles. The topological polar surface area (TPSA) is 49.3 Å². The van der Waals surface area contributed by atoms with Gasteiger partial charge in [-0.25, -0.2) is 9.97 Å². The van der Waals surface area contributed by atoms with Gasteiger partial charge < -0.3 is 9.80 Å². The second kappa shape index (κ2) is 5.62. The molecule has 3 rings (SSSR count). The predicted molar refractivity (Wildman–Crippen MR) is 82.0 cm³/mol. The molecule has 1 aromatic heterocycles. The number of aromatic nitrogens is 2. The van der Waals surface area contributed by atoms with Crippen molar-refractivity contribution in [2.75, 3.05) is 24.5 Å². The van der Waals surface area contributed by atoms with Crippen molar-refractivity contribution >= 4 is 11.9 Å². The molecule has 5 heteroatoms. The van der Waals surface area contributed by atoms with Gasteiger partial charge in [-0.2, -0.15) is 0 Å². The van der Waals surface area contributed by atoms with E-state index in [1.54, 1.807) is 12.4 Å². The maximum absolute atomic E-state index is 12.5. The molecule has 5 nitrogen and oxygen atoms in total.